The molecule has 0 atom stereocenters. The molecule has 0 radical (unpaired) electrons. The van der Waals surface area contributed by atoms with Gasteiger partial charge in [0.15, 0.2) is 0 Å². The molecule has 5 nitrogen and oxygen atoms in total. The largest absolute Gasteiger partial charge is 0.341 e. The van der Waals surface area contributed by atoms with Crippen molar-refractivity contribution in [2.75, 3.05) is 13.6 Å². The van der Waals surface area contributed by atoms with Crippen LogP contribution in [0.5, 0.6) is 0 Å². The Morgan fingerprint density at radius 3 is 2.81 bits per heavy atom. The van der Waals surface area contributed by atoms with Gasteiger partial charge in [-0.1, -0.05) is 30.7 Å². The third kappa shape index (κ3) is 3.19. The predicted octanol–water partition coefficient (Wildman–Crippen LogP) is 2.15. The first-order chi connectivity index (χ1) is 10.1. The van der Waals surface area contributed by atoms with Gasteiger partial charge in [-0.3, -0.25) is 4.79 Å². The highest BCUT2D eigenvalue weighted by Crippen LogP contribution is 2.21. The van der Waals surface area contributed by atoms with Crippen LogP contribution in [0.15, 0.2) is 29.1 Å². The molecule has 0 aliphatic rings. The van der Waals surface area contributed by atoms with Gasteiger partial charge in [0.2, 0.25) is 0 Å². The summed E-state index contributed by atoms with van der Waals surface area (Å²) in [5.41, 5.74) is 0.808. The number of benzene rings is 1. The van der Waals surface area contributed by atoms with Crippen molar-refractivity contribution in [1.82, 2.24) is 15.2 Å². The fraction of sp³-hybridized carbons (Fsp3) is 0.333. The molecule has 1 aromatic carbocycles. The molecule has 1 heterocycles. The van der Waals surface area contributed by atoms with Crippen LogP contribution < -0.4 is 16.2 Å². The summed E-state index contributed by atoms with van der Waals surface area (Å²) in [4.78, 5) is 23.8. The first kappa shape index (κ1) is 15.4. The van der Waals surface area contributed by atoms with Crippen LogP contribution in [0.1, 0.15) is 12.6 Å². The van der Waals surface area contributed by atoms with Crippen molar-refractivity contribution in [1.29, 1.82) is 0 Å². The minimum absolute atomic E-state index is 0.117. The zero-order valence-corrected chi connectivity index (χ0v) is 12.8. The Morgan fingerprint density at radius 1 is 1.38 bits per heavy atom. The molecule has 2 rings (SSSR count). The monoisotopic (exact) mass is 307 g/mol. The summed E-state index contributed by atoms with van der Waals surface area (Å²) >= 11 is 6.14. The second-order valence-corrected chi connectivity index (χ2v) is 5.06. The molecule has 0 bridgehead atoms. The van der Waals surface area contributed by atoms with E-state index in [1.807, 2.05) is 25.1 Å². The maximum Gasteiger partial charge on any atom is 0.314 e. The minimum Gasteiger partial charge on any atom is -0.341 e. The van der Waals surface area contributed by atoms with Gasteiger partial charge in [-0.15, -0.1) is 0 Å². The van der Waals surface area contributed by atoms with Gasteiger partial charge >= 0.3 is 6.03 Å². The Bertz CT molecular complexity index is 725. The number of fused-ring (bicyclic) bond motifs is 1. The third-order valence-electron chi connectivity index (χ3n) is 3.38. The number of carbonyl (C=O) groups excluding carboxylic acids is 1. The van der Waals surface area contributed by atoms with Crippen molar-refractivity contribution in [3.05, 3.63) is 45.3 Å². The average molecular weight is 308 g/mol. The maximum atomic E-state index is 12.6. The molecule has 6 heteroatoms. The summed E-state index contributed by atoms with van der Waals surface area (Å²) in [7, 11) is 1.55. The van der Waals surface area contributed by atoms with Crippen molar-refractivity contribution in [3.63, 3.8) is 0 Å². The summed E-state index contributed by atoms with van der Waals surface area (Å²) in [6.07, 6.45) is 0.734. The first-order valence-corrected chi connectivity index (χ1v) is 7.22. The number of hydrogen-bond donors (Lipinski definition) is 2. The van der Waals surface area contributed by atoms with Gasteiger partial charge in [0.05, 0.1) is 10.4 Å². The number of nitrogens with zero attached hydrogens (tertiary/aromatic N) is 1. The highest BCUT2D eigenvalue weighted by atomic mass is 35.5. The van der Waals surface area contributed by atoms with E-state index in [0.29, 0.717) is 23.5 Å². The molecule has 0 aliphatic carbocycles. The van der Waals surface area contributed by atoms with Crippen molar-refractivity contribution in [2.45, 2.75) is 19.9 Å². The summed E-state index contributed by atoms with van der Waals surface area (Å²) in [5, 5.41) is 6.98. The lowest BCUT2D eigenvalue weighted by Gasteiger charge is -2.14. The van der Waals surface area contributed by atoms with E-state index in [1.165, 1.54) is 0 Å². The Labute approximate surface area is 127 Å². The van der Waals surface area contributed by atoms with Crippen LogP contribution in [-0.2, 0) is 13.0 Å². The Morgan fingerprint density at radius 2 is 2.14 bits per heavy atom. The lowest BCUT2D eigenvalue weighted by Crippen LogP contribution is -2.37. The van der Waals surface area contributed by atoms with Gasteiger partial charge in [0.25, 0.3) is 5.56 Å². The fourth-order valence-corrected chi connectivity index (χ4v) is 2.58. The zero-order chi connectivity index (χ0) is 15.4. The Hall–Kier alpha value is -2.01. The van der Waals surface area contributed by atoms with Gasteiger partial charge in [-0.05, 0) is 23.9 Å². The van der Waals surface area contributed by atoms with E-state index in [2.05, 4.69) is 10.6 Å². The first-order valence-electron chi connectivity index (χ1n) is 6.85. The second kappa shape index (κ2) is 6.63. The molecular weight excluding hydrogens is 290 g/mol. The van der Waals surface area contributed by atoms with Gasteiger partial charge < -0.3 is 15.2 Å². The van der Waals surface area contributed by atoms with E-state index < -0.39 is 0 Å². The predicted molar refractivity (Wildman–Crippen MR) is 85.1 cm³/mol. The highest BCUT2D eigenvalue weighted by Gasteiger charge is 2.10. The molecule has 0 aliphatic heterocycles. The number of urea groups is 1. The van der Waals surface area contributed by atoms with Crippen molar-refractivity contribution < 1.29 is 4.79 Å². The number of hydrogen-bond acceptors (Lipinski definition) is 2. The molecule has 0 spiro atoms. The minimum atomic E-state index is -0.264. The molecular formula is C15H18ClN3O2. The normalized spacial score (nSPS) is 10.6. The number of aryl methyl sites for hydroxylation is 1. The summed E-state index contributed by atoms with van der Waals surface area (Å²) < 4.78 is 1.67. The molecule has 2 N–H and O–H groups in total. The number of rotatable bonds is 4. The van der Waals surface area contributed by atoms with Crippen molar-refractivity contribution in [2.24, 2.45) is 0 Å². The van der Waals surface area contributed by atoms with E-state index in [9.17, 15) is 9.59 Å². The topological polar surface area (TPSA) is 63.1 Å². The number of nitrogens with one attached hydrogen (secondary N) is 2. The maximum absolute atomic E-state index is 12.6. The van der Waals surface area contributed by atoms with Crippen LogP contribution >= 0.6 is 11.6 Å². The standard InChI is InChI=1S/C15H18ClN3O2/c1-3-11-9-10-5-4-6-12(16)13(10)14(20)19(11)8-7-18-15(21)17-2/h4-6,9H,3,7-8H2,1-2H3,(H2,17,18,21). The van der Waals surface area contributed by atoms with E-state index in [-0.39, 0.29) is 11.6 Å². The van der Waals surface area contributed by atoms with Crippen LogP contribution in [0.2, 0.25) is 5.02 Å². The van der Waals surface area contributed by atoms with Crippen molar-refractivity contribution >= 4 is 28.4 Å². The van der Waals surface area contributed by atoms with Crippen LogP contribution in [-0.4, -0.2) is 24.2 Å². The van der Waals surface area contributed by atoms with Crippen LogP contribution in [0.3, 0.4) is 0 Å². The van der Waals surface area contributed by atoms with Gasteiger partial charge in [-0.2, -0.15) is 0 Å². The molecule has 0 fully saturated rings. The quantitative estimate of drug-likeness (QED) is 0.909. The lowest BCUT2D eigenvalue weighted by atomic mass is 10.1. The van der Waals surface area contributed by atoms with Crippen LogP contribution in [0.25, 0.3) is 10.8 Å². The zero-order valence-electron chi connectivity index (χ0n) is 12.1. The third-order valence-corrected chi connectivity index (χ3v) is 3.70. The van der Waals surface area contributed by atoms with E-state index in [1.54, 1.807) is 17.7 Å². The summed E-state index contributed by atoms with van der Waals surface area (Å²) in [5.74, 6) is 0. The van der Waals surface area contributed by atoms with E-state index >= 15 is 0 Å². The van der Waals surface area contributed by atoms with E-state index in [4.69, 9.17) is 11.6 Å². The Balaban J connectivity index is 2.42. The second-order valence-electron chi connectivity index (χ2n) is 4.66. The van der Waals surface area contributed by atoms with Gasteiger partial charge in [-0.25, -0.2) is 4.79 Å². The molecule has 0 unspecified atom stereocenters. The number of aromatic nitrogens is 1. The molecule has 112 valence electrons. The molecule has 21 heavy (non-hydrogen) atoms. The molecule has 0 saturated carbocycles. The van der Waals surface area contributed by atoms with Crippen LogP contribution in [0, 0.1) is 0 Å². The van der Waals surface area contributed by atoms with Gasteiger partial charge in [0, 0.05) is 25.8 Å². The smallest absolute Gasteiger partial charge is 0.314 e. The summed E-state index contributed by atoms with van der Waals surface area (Å²) in [6.45, 7) is 2.78. The number of pyridine rings is 1. The number of carbonyl (C=O) groups is 1. The fourth-order valence-electron chi connectivity index (χ4n) is 2.32. The molecule has 2 amide bonds. The van der Waals surface area contributed by atoms with Crippen LogP contribution in [0.4, 0.5) is 4.79 Å². The highest BCUT2D eigenvalue weighted by molar-refractivity contribution is 6.35. The SMILES string of the molecule is CCc1cc2cccc(Cl)c2c(=O)n1CCNC(=O)NC. The van der Waals surface area contributed by atoms with Crippen molar-refractivity contribution in [3.8, 4) is 0 Å². The lowest BCUT2D eigenvalue weighted by molar-refractivity contribution is 0.242. The molecule has 0 saturated heterocycles. The molecule has 2 aromatic rings. The summed E-state index contributed by atoms with van der Waals surface area (Å²) in [6, 6.07) is 7.14. The number of halogens is 1. The van der Waals surface area contributed by atoms with E-state index in [0.717, 1.165) is 17.5 Å². The Kier molecular flexibility index (Phi) is 4.85. The van der Waals surface area contributed by atoms with Gasteiger partial charge in [0.1, 0.15) is 0 Å². The number of amides is 2. The molecule has 1 aromatic heterocycles. The average Bonchev–Trinajstić information content (AvgIpc) is 2.48.